The summed E-state index contributed by atoms with van der Waals surface area (Å²) in [6.45, 7) is 2.39. The highest BCUT2D eigenvalue weighted by atomic mass is 32.2. The van der Waals surface area contributed by atoms with Crippen molar-refractivity contribution in [2.24, 2.45) is 0 Å². The Labute approximate surface area is 176 Å². The van der Waals surface area contributed by atoms with Crippen molar-refractivity contribution in [2.45, 2.75) is 18.4 Å². The molecule has 0 aliphatic heterocycles. The van der Waals surface area contributed by atoms with E-state index in [2.05, 4.69) is 0 Å². The second kappa shape index (κ2) is 9.29. The zero-order valence-electron chi connectivity index (χ0n) is 16.7. The summed E-state index contributed by atoms with van der Waals surface area (Å²) in [7, 11) is -2.39. The van der Waals surface area contributed by atoms with Crippen LogP contribution in [0.2, 0.25) is 0 Å². The first-order valence-electron chi connectivity index (χ1n) is 9.23. The molecule has 0 spiro atoms. The first-order chi connectivity index (χ1) is 14.5. The Morgan fingerprint density at radius 3 is 2.37 bits per heavy atom. The normalized spacial score (nSPS) is 11.6. The van der Waals surface area contributed by atoms with Crippen molar-refractivity contribution in [2.75, 3.05) is 7.11 Å². The first kappa shape index (κ1) is 21.2. The number of sulfone groups is 1. The van der Waals surface area contributed by atoms with Gasteiger partial charge in [0, 0.05) is 0 Å². The number of ether oxygens (including phenoxy) is 2. The number of allylic oxidation sites excluding steroid dienone is 1. The number of benzene rings is 3. The minimum Gasteiger partial charge on any atom is -0.493 e. The van der Waals surface area contributed by atoms with Gasteiger partial charge in [0.25, 0.3) is 0 Å². The predicted octanol–water partition coefficient (Wildman–Crippen LogP) is 4.92. The van der Waals surface area contributed by atoms with Gasteiger partial charge in [-0.3, -0.25) is 0 Å². The Hall–Kier alpha value is -3.56. The number of hydrogen-bond acceptors (Lipinski definition) is 5. The zero-order chi connectivity index (χ0) is 21.6. The Kier molecular flexibility index (Phi) is 6.55. The topological polar surface area (TPSA) is 76.4 Å². The van der Waals surface area contributed by atoms with Crippen LogP contribution in [0, 0.1) is 18.3 Å². The standard InChI is InChI=1S/C24H21NO4S/c1-18-8-6-7-9-20(18)17-29-23-13-12-19(15-24(23)28-2)14-22(16-25)30(26,27)21-10-4-3-5-11-21/h3-15H,17H2,1-2H3/b22-14-. The molecular weight excluding hydrogens is 398 g/mol. The van der Waals surface area contributed by atoms with E-state index in [0.29, 0.717) is 23.7 Å². The molecule has 0 fully saturated rings. The third-order valence-corrected chi connectivity index (χ3v) is 6.26. The molecule has 5 nitrogen and oxygen atoms in total. The van der Waals surface area contributed by atoms with Gasteiger partial charge in [-0.2, -0.15) is 5.26 Å². The van der Waals surface area contributed by atoms with Crippen LogP contribution in [-0.2, 0) is 16.4 Å². The van der Waals surface area contributed by atoms with Crippen molar-refractivity contribution >= 4 is 15.9 Å². The van der Waals surface area contributed by atoms with Crippen LogP contribution in [0.25, 0.3) is 6.08 Å². The van der Waals surface area contributed by atoms with Crippen LogP contribution in [0.1, 0.15) is 16.7 Å². The van der Waals surface area contributed by atoms with Crippen LogP contribution in [0.3, 0.4) is 0 Å². The van der Waals surface area contributed by atoms with Gasteiger partial charge in [0.1, 0.15) is 17.6 Å². The molecule has 0 aliphatic rings. The quantitative estimate of drug-likeness (QED) is 0.508. The maximum absolute atomic E-state index is 12.7. The summed E-state index contributed by atoms with van der Waals surface area (Å²) in [5.41, 5.74) is 2.70. The Morgan fingerprint density at radius 1 is 1.00 bits per heavy atom. The molecule has 0 saturated carbocycles. The van der Waals surface area contributed by atoms with Crippen molar-refractivity contribution in [3.63, 3.8) is 0 Å². The molecule has 0 N–H and O–H groups in total. The molecule has 30 heavy (non-hydrogen) atoms. The lowest BCUT2D eigenvalue weighted by Crippen LogP contribution is -2.03. The van der Waals surface area contributed by atoms with Gasteiger partial charge in [0.2, 0.25) is 9.84 Å². The molecule has 0 atom stereocenters. The molecule has 3 rings (SSSR count). The minimum absolute atomic E-state index is 0.0722. The highest BCUT2D eigenvalue weighted by Crippen LogP contribution is 2.31. The van der Waals surface area contributed by atoms with Gasteiger partial charge in [-0.1, -0.05) is 48.5 Å². The number of methoxy groups -OCH3 is 1. The Balaban J connectivity index is 1.88. The van der Waals surface area contributed by atoms with Gasteiger partial charge in [0.05, 0.1) is 12.0 Å². The lowest BCUT2D eigenvalue weighted by molar-refractivity contribution is 0.284. The van der Waals surface area contributed by atoms with Gasteiger partial charge in [-0.15, -0.1) is 0 Å². The highest BCUT2D eigenvalue weighted by Gasteiger charge is 2.20. The fourth-order valence-electron chi connectivity index (χ4n) is 2.87. The summed E-state index contributed by atoms with van der Waals surface area (Å²) in [5.74, 6) is 0.981. The Morgan fingerprint density at radius 2 is 1.70 bits per heavy atom. The maximum Gasteiger partial charge on any atom is 0.216 e. The molecular formula is C24H21NO4S. The summed E-state index contributed by atoms with van der Waals surface area (Å²) in [6, 6.07) is 22.6. The van der Waals surface area contributed by atoms with Gasteiger partial charge < -0.3 is 9.47 Å². The van der Waals surface area contributed by atoms with Crippen LogP contribution in [0.4, 0.5) is 0 Å². The SMILES string of the molecule is COc1cc(/C=C(/C#N)S(=O)(=O)c2ccccc2)ccc1OCc1ccccc1C. The molecule has 0 radical (unpaired) electrons. The van der Waals surface area contributed by atoms with Crippen molar-refractivity contribution in [3.8, 4) is 17.6 Å². The van der Waals surface area contributed by atoms with Crippen LogP contribution >= 0.6 is 0 Å². The smallest absolute Gasteiger partial charge is 0.216 e. The molecule has 6 heteroatoms. The molecule has 0 unspecified atom stereocenters. The number of nitrogens with zero attached hydrogens (tertiary/aromatic N) is 1. The molecule has 0 bridgehead atoms. The molecule has 0 aromatic heterocycles. The largest absolute Gasteiger partial charge is 0.493 e. The lowest BCUT2D eigenvalue weighted by atomic mass is 10.1. The fraction of sp³-hybridized carbons (Fsp3) is 0.125. The predicted molar refractivity (Wildman–Crippen MR) is 116 cm³/mol. The molecule has 0 saturated heterocycles. The van der Waals surface area contributed by atoms with E-state index in [1.807, 2.05) is 31.2 Å². The van der Waals surface area contributed by atoms with Crippen molar-refractivity contribution in [1.29, 1.82) is 5.26 Å². The highest BCUT2D eigenvalue weighted by molar-refractivity contribution is 7.95. The van der Waals surface area contributed by atoms with Crippen LogP contribution in [0.15, 0.2) is 82.6 Å². The van der Waals surface area contributed by atoms with Gasteiger partial charge in [-0.05, 0) is 54.0 Å². The lowest BCUT2D eigenvalue weighted by Gasteiger charge is -2.13. The first-order valence-corrected chi connectivity index (χ1v) is 10.7. The van der Waals surface area contributed by atoms with E-state index >= 15 is 0 Å². The summed E-state index contributed by atoms with van der Waals surface area (Å²) >= 11 is 0. The van der Waals surface area contributed by atoms with Crippen LogP contribution in [-0.4, -0.2) is 15.5 Å². The molecule has 0 heterocycles. The summed E-state index contributed by atoms with van der Waals surface area (Å²) in [6.07, 6.45) is 1.33. The monoisotopic (exact) mass is 419 g/mol. The van der Waals surface area contributed by atoms with Crippen molar-refractivity contribution < 1.29 is 17.9 Å². The third-order valence-electron chi connectivity index (χ3n) is 4.58. The summed E-state index contributed by atoms with van der Waals surface area (Å²) in [4.78, 5) is -0.271. The van der Waals surface area contributed by atoms with E-state index in [0.717, 1.165) is 11.1 Å². The van der Waals surface area contributed by atoms with E-state index in [1.54, 1.807) is 42.5 Å². The van der Waals surface area contributed by atoms with Crippen LogP contribution in [0.5, 0.6) is 11.5 Å². The van der Waals surface area contributed by atoms with Crippen LogP contribution < -0.4 is 9.47 Å². The fourth-order valence-corrected chi connectivity index (χ4v) is 4.05. The average molecular weight is 420 g/mol. The maximum atomic E-state index is 12.7. The zero-order valence-corrected chi connectivity index (χ0v) is 17.5. The van der Waals surface area contributed by atoms with Crippen molar-refractivity contribution in [3.05, 3.63) is 94.4 Å². The van der Waals surface area contributed by atoms with E-state index in [1.165, 1.54) is 25.3 Å². The number of rotatable bonds is 7. The molecule has 0 aliphatic carbocycles. The summed E-state index contributed by atoms with van der Waals surface area (Å²) in [5, 5.41) is 9.45. The van der Waals surface area contributed by atoms with Gasteiger partial charge >= 0.3 is 0 Å². The molecule has 152 valence electrons. The average Bonchev–Trinajstić information content (AvgIpc) is 2.77. The van der Waals surface area contributed by atoms with E-state index in [-0.39, 0.29) is 9.80 Å². The second-order valence-corrected chi connectivity index (χ2v) is 8.48. The number of nitriles is 1. The Bertz CT molecular complexity index is 1210. The third kappa shape index (κ3) is 4.70. The molecule has 3 aromatic carbocycles. The molecule has 3 aromatic rings. The molecule has 0 amide bonds. The summed E-state index contributed by atoms with van der Waals surface area (Å²) < 4.78 is 36.8. The van der Waals surface area contributed by atoms with Gasteiger partial charge in [-0.25, -0.2) is 8.42 Å². The van der Waals surface area contributed by atoms with Gasteiger partial charge in [0.15, 0.2) is 11.5 Å². The minimum atomic E-state index is -3.90. The number of aryl methyl sites for hydroxylation is 1. The second-order valence-electron chi connectivity index (χ2n) is 6.56. The van der Waals surface area contributed by atoms with E-state index in [4.69, 9.17) is 9.47 Å². The van der Waals surface area contributed by atoms with Crippen molar-refractivity contribution in [1.82, 2.24) is 0 Å². The van der Waals surface area contributed by atoms with E-state index in [9.17, 15) is 13.7 Å². The number of hydrogen-bond donors (Lipinski definition) is 0. The van der Waals surface area contributed by atoms with E-state index < -0.39 is 9.84 Å².